The summed E-state index contributed by atoms with van der Waals surface area (Å²) < 4.78 is 32.2. The van der Waals surface area contributed by atoms with E-state index in [4.69, 9.17) is 19.8 Å². The molecule has 0 saturated carbocycles. The lowest BCUT2D eigenvalue weighted by Gasteiger charge is -2.10. The molecule has 1 unspecified atom stereocenters. The highest BCUT2D eigenvalue weighted by Gasteiger charge is 2.24. The Labute approximate surface area is 118 Å². The lowest BCUT2D eigenvalue weighted by atomic mass is 10.2. The summed E-state index contributed by atoms with van der Waals surface area (Å²) in [4.78, 5) is 11.4. The number of carbonyl (C=O) groups is 1. The van der Waals surface area contributed by atoms with Crippen molar-refractivity contribution in [2.75, 3.05) is 0 Å². The van der Waals surface area contributed by atoms with E-state index in [1.807, 2.05) is 6.92 Å². The average Bonchev–Trinajstić information content (AvgIpc) is 2.60. The second-order valence-electron chi connectivity index (χ2n) is 3.69. The summed E-state index contributed by atoms with van der Waals surface area (Å²) in [5.74, 6) is -0.924. The highest BCUT2D eigenvalue weighted by molar-refractivity contribution is 9.10. The minimum Gasteiger partial charge on any atom is -0.457 e. The molecule has 1 atom stereocenters. The average molecular weight is 360 g/mol. The second kappa shape index (κ2) is 6.08. The van der Waals surface area contributed by atoms with Crippen molar-refractivity contribution < 1.29 is 22.4 Å². The van der Waals surface area contributed by atoms with Crippen LogP contribution in [0.15, 0.2) is 20.0 Å². The summed E-state index contributed by atoms with van der Waals surface area (Å²) in [5, 5.41) is 0. The second-order valence-corrected chi connectivity index (χ2v) is 6.95. The molecule has 1 aromatic rings. The Kier molecular flexibility index (Phi) is 5.24. The first-order chi connectivity index (χ1) is 8.25. The van der Waals surface area contributed by atoms with Gasteiger partial charge in [0.05, 0.1) is 6.10 Å². The maximum absolute atomic E-state index is 11.6. The molecule has 0 amide bonds. The van der Waals surface area contributed by atoms with E-state index in [0.717, 1.165) is 12.5 Å². The standard InChI is InChI=1S/C10H12BrClO5S/c1-3-4-6(2)16-10(13)7-5-8(9(11)17-7)18(12,14)15/h5-6H,3-4H2,1-2H3. The van der Waals surface area contributed by atoms with E-state index in [1.54, 1.807) is 6.92 Å². The summed E-state index contributed by atoms with van der Waals surface area (Å²) in [5.41, 5.74) is 0. The smallest absolute Gasteiger partial charge is 0.374 e. The van der Waals surface area contributed by atoms with Crippen molar-refractivity contribution in [2.45, 2.75) is 37.7 Å². The van der Waals surface area contributed by atoms with Crippen molar-refractivity contribution in [1.29, 1.82) is 0 Å². The van der Waals surface area contributed by atoms with E-state index in [0.29, 0.717) is 6.42 Å². The molecule has 0 N–H and O–H groups in total. The molecule has 18 heavy (non-hydrogen) atoms. The van der Waals surface area contributed by atoms with Gasteiger partial charge in [0.15, 0.2) is 4.67 Å². The topological polar surface area (TPSA) is 73.6 Å². The molecule has 0 bridgehead atoms. The van der Waals surface area contributed by atoms with Crippen molar-refractivity contribution in [3.63, 3.8) is 0 Å². The third kappa shape index (κ3) is 4.00. The molecule has 0 saturated heterocycles. The van der Waals surface area contributed by atoms with Crippen molar-refractivity contribution in [3.8, 4) is 0 Å². The van der Waals surface area contributed by atoms with Crippen LogP contribution >= 0.6 is 26.6 Å². The van der Waals surface area contributed by atoms with Gasteiger partial charge in [0.25, 0.3) is 9.05 Å². The van der Waals surface area contributed by atoms with Gasteiger partial charge >= 0.3 is 5.97 Å². The molecule has 0 aliphatic carbocycles. The summed E-state index contributed by atoms with van der Waals surface area (Å²) in [6.45, 7) is 3.71. The van der Waals surface area contributed by atoms with Crippen LogP contribution in [0.2, 0.25) is 0 Å². The normalized spacial score (nSPS) is 13.3. The van der Waals surface area contributed by atoms with Gasteiger partial charge < -0.3 is 9.15 Å². The van der Waals surface area contributed by atoms with Gasteiger partial charge in [-0.25, -0.2) is 13.2 Å². The number of esters is 1. The SMILES string of the molecule is CCCC(C)OC(=O)c1cc(S(=O)(=O)Cl)c(Br)o1. The molecular weight excluding hydrogens is 348 g/mol. The van der Waals surface area contributed by atoms with Crippen LogP contribution < -0.4 is 0 Å². The fourth-order valence-corrected chi connectivity index (χ4v) is 3.36. The van der Waals surface area contributed by atoms with Gasteiger partial charge in [-0.1, -0.05) is 13.3 Å². The van der Waals surface area contributed by atoms with Gasteiger partial charge in [-0.15, -0.1) is 0 Å². The fourth-order valence-electron chi connectivity index (χ4n) is 1.33. The zero-order valence-electron chi connectivity index (χ0n) is 9.77. The predicted octanol–water partition coefficient (Wildman–Crippen LogP) is 3.32. The van der Waals surface area contributed by atoms with E-state index >= 15 is 0 Å². The number of carbonyl (C=O) groups excluding carboxylic acids is 1. The number of hydrogen-bond acceptors (Lipinski definition) is 5. The number of halogens is 2. The molecular formula is C10H12BrClO5S. The zero-order chi connectivity index (χ0) is 13.9. The van der Waals surface area contributed by atoms with E-state index in [9.17, 15) is 13.2 Å². The molecule has 1 aromatic heterocycles. The first-order valence-corrected chi connectivity index (χ1v) is 8.31. The lowest BCUT2D eigenvalue weighted by molar-refractivity contribution is 0.0286. The highest BCUT2D eigenvalue weighted by atomic mass is 79.9. The maximum Gasteiger partial charge on any atom is 0.374 e. The minimum atomic E-state index is -3.96. The summed E-state index contributed by atoms with van der Waals surface area (Å²) in [6.07, 6.45) is 1.33. The Bertz CT molecular complexity index is 536. The number of rotatable bonds is 5. The van der Waals surface area contributed by atoms with Gasteiger partial charge in [-0.2, -0.15) is 0 Å². The van der Waals surface area contributed by atoms with E-state index in [1.165, 1.54) is 0 Å². The third-order valence-electron chi connectivity index (χ3n) is 2.12. The Balaban J connectivity index is 2.89. The van der Waals surface area contributed by atoms with Crippen LogP contribution in [0.5, 0.6) is 0 Å². The van der Waals surface area contributed by atoms with Crippen LogP contribution in [-0.4, -0.2) is 20.5 Å². The van der Waals surface area contributed by atoms with Crippen LogP contribution in [-0.2, 0) is 13.8 Å². The highest BCUT2D eigenvalue weighted by Crippen LogP contribution is 2.29. The van der Waals surface area contributed by atoms with Crippen LogP contribution in [0.25, 0.3) is 0 Å². The molecule has 0 spiro atoms. The summed E-state index contributed by atoms with van der Waals surface area (Å²) in [7, 11) is 1.21. The van der Waals surface area contributed by atoms with Crippen LogP contribution in [0, 0.1) is 0 Å². The van der Waals surface area contributed by atoms with Crippen LogP contribution in [0.4, 0.5) is 0 Å². The largest absolute Gasteiger partial charge is 0.457 e. The summed E-state index contributed by atoms with van der Waals surface area (Å²) >= 11 is 2.88. The molecule has 0 aliphatic rings. The quantitative estimate of drug-likeness (QED) is 0.595. The molecule has 8 heteroatoms. The van der Waals surface area contributed by atoms with Gasteiger partial charge in [0.1, 0.15) is 4.90 Å². The zero-order valence-corrected chi connectivity index (χ0v) is 12.9. The van der Waals surface area contributed by atoms with Crippen LogP contribution in [0.1, 0.15) is 37.2 Å². The molecule has 0 fully saturated rings. The monoisotopic (exact) mass is 358 g/mol. The van der Waals surface area contributed by atoms with Gasteiger partial charge in [0, 0.05) is 16.7 Å². The first-order valence-electron chi connectivity index (χ1n) is 5.20. The van der Waals surface area contributed by atoms with E-state index in [2.05, 4.69) is 15.9 Å². The Morgan fingerprint density at radius 2 is 2.22 bits per heavy atom. The maximum atomic E-state index is 11.6. The molecule has 1 heterocycles. The molecule has 102 valence electrons. The molecule has 0 radical (unpaired) electrons. The fraction of sp³-hybridized carbons (Fsp3) is 0.500. The first kappa shape index (κ1) is 15.5. The molecule has 5 nitrogen and oxygen atoms in total. The lowest BCUT2D eigenvalue weighted by Crippen LogP contribution is -2.14. The Hall–Kier alpha value is -0.530. The van der Waals surface area contributed by atoms with Crippen molar-refractivity contribution in [1.82, 2.24) is 0 Å². The van der Waals surface area contributed by atoms with Crippen molar-refractivity contribution in [3.05, 3.63) is 16.5 Å². The van der Waals surface area contributed by atoms with Gasteiger partial charge in [-0.3, -0.25) is 0 Å². The number of hydrogen-bond donors (Lipinski definition) is 0. The Morgan fingerprint density at radius 3 is 2.67 bits per heavy atom. The molecule has 0 aromatic carbocycles. The van der Waals surface area contributed by atoms with E-state index < -0.39 is 15.0 Å². The minimum absolute atomic E-state index is 0.118. The molecule has 0 aliphatic heterocycles. The Morgan fingerprint density at radius 1 is 1.61 bits per heavy atom. The molecule has 1 rings (SSSR count). The predicted molar refractivity (Wildman–Crippen MR) is 69.2 cm³/mol. The summed E-state index contributed by atoms with van der Waals surface area (Å²) in [6, 6.07) is 1.04. The van der Waals surface area contributed by atoms with Gasteiger partial charge in [0.2, 0.25) is 5.76 Å². The van der Waals surface area contributed by atoms with Crippen LogP contribution in [0.3, 0.4) is 0 Å². The van der Waals surface area contributed by atoms with Crippen molar-refractivity contribution in [2.24, 2.45) is 0 Å². The van der Waals surface area contributed by atoms with E-state index in [-0.39, 0.29) is 21.4 Å². The number of furan rings is 1. The van der Waals surface area contributed by atoms with Gasteiger partial charge in [-0.05, 0) is 29.3 Å². The number of ether oxygens (including phenoxy) is 1. The third-order valence-corrected chi connectivity index (χ3v) is 4.30. The van der Waals surface area contributed by atoms with Crippen molar-refractivity contribution >= 4 is 41.6 Å².